The van der Waals surface area contributed by atoms with Crippen LogP contribution in [0.1, 0.15) is 11.3 Å². The predicted molar refractivity (Wildman–Crippen MR) is 130 cm³/mol. The van der Waals surface area contributed by atoms with E-state index in [0.717, 1.165) is 10.7 Å². The van der Waals surface area contributed by atoms with Crippen molar-refractivity contribution < 1.29 is 0 Å². The van der Waals surface area contributed by atoms with Crippen LogP contribution in [-0.2, 0) is 7.05 Å². The van der Waals surface area contributed by atoms with Crippen molar-refractivity contribution in [2.24, 2.45) is 12.0 Å². The second-order valence-electron chi connectivity index (χ2n) is 7.36. The molecule has 30 heavy (non-hydrogen) atoms. The van der Waals surface area contributed by atoms with Crippen LogP contribution >= 0.6 is 11.8 Å². The van der Waals surface area contributed by atoms with Gasteiger partial charge in [-0.25, -0.2) is 4.99 Å². The number of aromatic nitrogens is 2. The number of aryl methyl sites for hydroxylation is 2. The van der Waals surface area contributed by atoms with E-state index in [1.165, 1.54) is 39.1 Å². The summed E-state index contributed by atoms with van der Waals surface area (Å²) in [4.78, 5) is 5.06. The molecule has 0 atom stereocenters. The van der Waals surface area contributed by atoms with E-state index in [-0.39, 0.29) is 0 Å². The summed E-state index contributed by atoms with van der Waals surface area (Å²) >= 11 is 1.70. The van der Waals surface area contributed by atoms with E-state index in [0.29, 0.717) is 0 Å². The standard InChI is InChI=1S/C26H23N3S/c1-18-23(19-12-6-4-7-13-19)24(25(30-3)27-20-14-8-5-9-15-20)26-28(2)21-16-10-11-17-22(21)29(18)26/h4-17H,1-3H3. The van der Waals surface area contributed by atoms with Crippen molar-refractivity contribution in [1.82, 2.24) is 8.97 Å². The van der Waals surface area contributed by atoms with Crippen LogP contribution in [0.25, 0.3) is 27.8 Å². The van der Waals surface area contributed by atoms with Crippen LogP contribution in [-0.4, -0.2) is 20.3 Å². The second kappa shape index (κ2) is 7.54. The van der Waals surface area contributed by atoms with Crippen LogP contribution < -0.4 is 0 Å². The van der Waals surface area contributed by atoms with Gasteiger partial charge in [0.15, 0.2) is 0 Å². The third kappa shape index (κ3) is 2.87. The summed E-state index contributed by atoms with van der Waals surface area (Å²) in [7, 11) is 2.15. The Morgan fingerprint density at radius 1 is 0.800 bits per heavy atom. The zero-order valence-corrected chi connectivity index (χ0v) is 18.1. The molecule has 0 amide bonds. The number of imidazole rings is 1. The summed E-state index contributed by atoms with van der Waals surface area (Å²) in [5.41, 5.74) is 9.47. The molecule has 0 aliphatic heterocycles. The van der Waals surface area contributed by atoms with Crippen LogP contribution in [0.15, 0.2) is 89.9 Å². The maximum atomic E-state index is 5.06. The highest BCUT2D eigenvalue weighted by atomic mass is 32.2. The van der Waals surface area contributed by atoms with E-state index < -0.39 is 0 Å². The van der Waals surface area contributed by atoms with E-state index in [4.69, 9.17) is 4.99 Å². The van der Waals surface area contributed by atoms with Crippen LogP contribution in [0.4, 0.5) is 5.69 Å². The minimum atomic E-state index is 0.969. The molecule has 5 aromatic rings. The lowest BCUT2D eigenvalue weighted by Gasteiger charge is -2.10. The molecule has 3 nitrogen and oxygen atoms in total. The zero-order valence-electron chi connectivity index (χ0n) is 17.3. The molecule has 0 aliphatic carbocycles. The number of hydrogen-bond acceptors (Lipinski definition) is 2. The smallest absolute Gasteiger partial charge is 0.128 e. The van der Waals surface area contributed by atoms with Crippen molar-refractivity contribution in [3.63, 3.8) is 0 Å². The van der Waals surface area contributed by atoms with Gasteiger partial charge >= 0.3 is 0 Å². The minimum absolute atomic E-state index is 0.969. The summed E-state index contributed by atoms with van der Waals surface area (Å²) in [6.45, 7) is 2.21. The highest BCUT2D eigenvalue weighted by Crippen LogP contribution is 2.39. The molecule has 0 aliphatic rings. The Morgan fingerprint density at radius 2 is 1.40 bits per heavy atom. The molecule has 148 valence electrons. The molecule has 0 spiro atoms. The number of aliphatic imine (C=N–C) groups is 1. The fourth-order valence-electron chi connectivity index (χ4n) is 4.32. The molecule has 3 aromatic carbocycles. The first-order valence-corrected chi connectivity index (χ1v) is 11.2. The summed E-state index contributed by atoms with van der Waals surface area (Å²) in [5.74, 6) is 0. The lowest BCUT2D eigenvalue weighted by atomic mass is 10.0. The van der Waals surface area contributed by atoms with E-state index >= 15 is 0 Å². The van der Waals surface area contributed by atoms with Gasteiger partial charge in [0.25, 0.3) is 0 Å². The lowest BCUT2D eigenvalue weighted by Crippen LogP contribution is -2.00. The Bertz CT molecular complexity index is 1380. The molecule has 0 bridgehead atoms. The van der Waals surface area contributed by atoms with Crippen molar-refractivity contribution in [3.05, 3.63) is 96.2 Å². The van der Waals surface area contributed by atoms with E-state index in [1.807, 2.05) is 18.2 Å². The molecule has 0 fully saturated rings. The number of hydrogen-bond donors (Lipinski definition) is 0. The van der Waals surface area contributed by atoms with E-state index in [2.05, 4.69) is 95.9 Å². The average molecular weight is 410 g/mol. The highest BCUT2D eigenvalue weighted by Gasteiger charge is 2.25. The zero-order chi connectivity index (χ0) is 20.7. The predicted octanol–water partition coefficient (Wildman–Crippen LogP) is 6.85. The minimum Gasteiger partial charge on any atom is -0.328 e. The summed E-state index contributed by atoms with van der Waals surface area (Å²) in [6, 6.07) is 29.4. The SMILES string of the molecule is CSC(=Nc1ccccc1)c1c(-c2ccccc2)c(C)n2c3ccccc3n(C)c12. The van der Waals surface area contributed by atoms with Gasteiger partial charge in [-0.15, -0.1) is 11.8 Å². The molecule has 4 heteroatoms. The molecular formula is C26H23N3S. The Kier molecular flexibility index (Phi) is 4.72. The second-order valence-corrected chi connectivity index (χ2v) is 8.16. The summed E-state index contributed by atoms with van der Waals surface area (Å²) in [5, 5.41) is 1.02. The first kappa shape index (κ1) is 18.8. The maximum Gasteiger partial charge on any atom is 0.128 e. The van der Waals surface area contributed by atoms with Crippen molar-refractivity contribution in [2.75, 3.05) is 6.26 Å². The average Bonchev–Trinajstić information content (AvgIpc) is 3.26. The number of nitrogens with zero attached hydrogens (tertiary/aromatic N) is 3. The molecule has 0 saturated carbocycles. The molecule has 0 N–H and O–H groups in total. The van der Waals surface area contributed by atoms with Gasteiger partial charge in [-0.2, -0.15) is 0 Å². The van der Waals surface area contributed by atoms with Crippen molar-refractivity contribution >= 4 is 39.2 Å². The number of benzene rings is 3. The third-order valence-corrected chi connectivity index (χ3v) is 6.32. The van der Waals surface area contributed by atoms with Gasteiger partial charge in [-0.1, -0.05) is 60.7 Å². The molecule has 5 rings (SSSR count). The number of para-hydroxylation sites is 3. The van der Waals surface area contributed by atoms with Gasteiger partial charge in [0, 0.05) is 18.3 Å². The first-order chi connectivity index (χ1) is 14.7. The van der Waals surface area contributed by atoms with Crippen LogP contribution in [0.2, 0.25) is 0 Å². The quantitative estimate of drug-likeness (QED) is 0.236. The molecular weight excluding hydrogens is 386 g/mol. The van der Waals surface area contributed by atoms with Gasteiger partial charge in [0.2, 0.25) is 0 Å². The fourth-order valence-corrected chi connectivity index (χ4v) is 4.92. The Balaban J connectivity index is 1.93. The number of thioether (sulfide) groups is 1. The monoisotopic (exact) mass is 409 g/mol. The van der Waals surface area contributed by atoms with Gasteiger partial charge < -0.3 is 4.57 Å². The molecule has 0 radical (unpaired) electrons. The summed E-state index contributed by atoms with van der Waals surface area (Å²) in [6.07, 6.45) is 2.11. The number of fused-ring (bicyclic) bond motifs is 3. The lowest BCUT2D eigenvalue weighted by molar-refractivity contribution is 0.987. The first-order valence-electron chi connectivity index (χ1n) is 10.0. The van der Waals surface area contributed by atoms with Crippen molar-refractivity contribution in [3.8, 4) is 11.1 Å². The molecule has 0 unspecified atom stereocenters. The summed E-state index contributed by atoms with van der Waals surface area (Å²) < 4.78 is 4.67. The van der Waals surface area contributed by atoms with Crippen molar-refractivity contribution in [2.45, 2.75) is 6.92 Å². The fraction of sp³-hybridized carbons (Fsp3) is 0.115. The Hall–Kier alpha value is -3.24. The van der Waals surface area contributed by atoms with Crippen LogP contribution in [0, 0.1) is 6.92 Å². The van der Waals surface area contributed by atoms with Gasteiger partial charge in [-0.3, -0.25) is 4.40 Å². The van der Waals surface area contributed by atoms with Crippen molar-refractivity contribution in [1.29, 1.82) is 0 Å². The van der Waals surface area contributed by atoms with Gasteiger partial charge in [-0.05, 0) is 43.0 Å². The van der Waals surface area contributed by atoms with Crippen LogP contribution in [0.3, 0.4) is 0 Å². The third-order valence-electron chi connectivity index (χ3n) is 5.64. The number of rotatable bonds is 3. The van der Waals surface area contributed by atoms with Gasteiger partial charge in [0.1, 0.15) is 10.7 Å². The Morgan fingerprint density at radius 3 is 2.07 bits per heavy atom. The highest BCUT2D eigenvalue weighted by molar-refractivity contribution is 8.13. The Labute approximate surface area is 180 Å². The van der Waals surface area contributed by atoms with Gasteiger partial charge in [0.05, 0.1) is 22.3 Å². The molecule has 0 saturated heterocycles. The topological polar surface area (TPSA) is 21.7 Å². The maximum absolute atomic E-state index is 5.06. The normalized spacial score (nSPS) is 12.2. The molecule has 2 aromatic heterocycles. The van der Waals surface area contributed by atoms with E-state index in [9.17, 15) is 0 Å². The molecule has 2 heterocycles. The largest absolute Gasteiger partial charge is 0.328 e. The van der Waals surface area contributed by atoms with Crippen LogP contribution in [0.5, 0.6) is 0 Å². The van der Waals surface area contributed by atoms with E-state index in [1.54, 1.807) is 11.8 Å².